The van der Waals surface area contributed by atoms with Gasteiger partial charge in [0.15, 0.2) is 5.82 Å². The molecule has 3 N–H and O–H groups in total. The first kappa shape index (κ1) is 20.6. The van der Waals surface area contributed by atoms with Crippen LogP contribution in [-0.2, 0) is 4.79 Å². The number of nitrogens with one attached hydrogen (secondary N) is 3. The van der Waals surface area contributed by atoms with E-state index >= 15 is 0 Å². The molecular weight excluding hydrogens is 366 g/mol. The molecule has 3 rings (SSSR count). The molecule has 7 nitrogen and oxygen atoms in total. The van der Waals surface area contributed by atoms with Crippen molar-refractivity contribution in [2.75, 3.05) is 35.2 Å². The van der Waals surface area contributed by atoms with Crippen LogP contribution in [0.4, 0.5) is 22.0 Å². The maximum Gasteiger partial charge on any atom is 0.323 e. The molecule has 1 aromatic heterocycles. The van der Waals surface area contributed by atoms with Crippen molar-refractivity contribution in [2.45, 2.75) is 33.6 Å². The van der Waals surface area contributed by atoms with Crippen molar-refractivity contribution in [1.82, 2.24) is 10.3 Å². The number of carbonyl (C=O) groups excluding carboxylic acids is 2. The van der Waals surface area contributed by atoms with Gasteiger partial charge in [-0.3, -0.25) is 4.79 Å². The molecule has 1 aliphatic heterocycles. The van der Waals surface area contributed by atoms with Crippen LogP contribution >= 0.6 is 0 Å². The van der Waals surface area contributed by atoms with Crippen LogP contribution in [0.1, 0.15) is 30.9 Å². The minimum absolute atomic E-state index is 0.0409. The first-order valence-electron chi connectivity index (χ1n) is 10.1. The summed E-state index contributed by atoms with van der Waals surface area (Å²) in [6.45, 7) is 8.04. The number of urea groups is 1. The van der Waals surface area contributed by atoms with Gasteiger partial charge in [-0.25, -0.2) is 9.78 Å². The lowest BCUT2D eigenvalue weighted by atomic mass is 9.96. The van der Waals surface area contributed by atoms with E-state index in [-0.39, 0.29) is 17.9 Å². The summed E-state index contributed by atoms with van der Waals surface area (Å²) in [5, 5.41) is 8.72. The summed E-state index contributed by atoms with van der Waals surface area (Å²) in [7, 11) is 0. The highest BCUT2D eigenvalue weighted by atomic mass is 16.2. The van der Waals surface area contributed by atoms with Crippen molar-refractivity contribution in [1.29, 1.82) is 0 Å². The van der Waals surface area contributed by atoms with Crippen LogP contribution < -0.4 is 20.9 Å². The molecule has 0 aliphatic carbocycles. The SMILES string of the molecule is CCNC(=O)C1CCN(c2ncccc2NC(=O)Nc2ccc(C)cc2C)CC1. The van der Waals surface area contributed by atoms with Gasteiger partial charge in [-0.2, -0.15) is 0 Å². The number of amides is 3. The highest BCUT2D eigenvalue weighted by molar-refractivity contribution is 6.01. The van der Waals surface area contributed by atoms with E-state index in [0.29, 0.717) is 12.2 Å². The molecule has 0 unspecified atom stereocenters. The first-order chi connectivity index (χ1) is 14.0. The summed E-state index contributed by atoms with van der Waals surface area (Å²) in [5.41, 5.74) is 3.60. The van der Waals surface area contributed by atoms with Gasteiger partial charge < -0.3 is 20.9 Å². The van der Waals surface area contributed by atoms with Crippen LogP contribution in [0.5, 0.6) is 0 Å². The number of rotatable bonds is 5. The van der Waals surface area contributed by atoms with Gasteiger partial charge in [0.2, 0.25) is 5.91 Å². The lowest BCUT2D eigenvalue weighted by Gasteiger charge is -2.33. The third-order valence-corrected chi connectivity index (χ3v) is 5.18. The van der Waals surface area contributed by atoms with Gasteiger partial charge in [-0.1, -0.05) is 17.7 Å². The predicted molar refractivity (Wildman–Crippen MR) is 116 cm³/mol. The Morgan fingerprint density at radius 3 is 2.52 bits per heavy atom. The lowest BCUT2D eigenvalue weighted by Crippen LogP contribution is -2.41. The zero-order valence-electron chi connectivity index (χ0n) is 17.3. The van der Waals surface area contributed by atoms with E-state index in [1.54, 1.807) is 12.3 Å². The van der Waals surface area contributed by atoms with Crippen molar-refractivity contribution >= 4 is 29.1 Å². The molecule has 1 fully saturated rings. The smallest absolute Gasteiger partial charge is 0.323 e. The predicted octanol–water partition coefficient (Wildman–Crippen LogP) is 3.69. The molecule has 2 heterocycles. The Morgan fingerprint density at radius 1 is 1.10 bits per heavy atom. The topological polar surface area (TPSA) is 86.4 Å². The summed E-state index contributed by atoms with van der Waals surface area (Å²) in [5.74, 6) is 0.899. The van der Waals surface area contributed by atoms with Crippen molar-refractivity contribution in [3.05, 3.63) is 47.7 Å². The number of nitrogens with zero attached hydrogens (tertiary/aromatic N) is 2. The molecule has 0 spiro atoms. The Kier molecular flexibility index (Phi) is 6.69. The molecule has 154 valence electrons. The number of hydrogen-bond acceptors (Lipinski definition) is 4. The average molecular weight is 396 g/mol. The fourth-order valence-electron chi connectivity index (χ4n) is 3.65. The summed E-state index contributed by atoms with van der Waals surface area (Å²) < 4.78 is 0. The standard InChI is InChI=1S/C22H29N5O2/c1-4-23-21(28)17-9-12-27(13-10-17)20-19(6-5-11-24-20)26-22(29)25-18-8-7-15(2)14-16(18)3/h5-8,11,14,17H,4,9-10,12-13H2,1-3H3,(H,23,28)(H2,25,26,29). The minimum Gasteiger partial charge on any atom is -0.356 e. The van der Waals surface area contributed by atoms with E-state index in [9.17, 15) is 9.59 Å². The Hall–Kier alpha value is -3.09. The molecule has 1 aliphatic rings. The van der Waals surface area contributed by atoms with Crippen molar-refractivity contribution in [2.24, 2.45) is 5.92 Å². The number of anilines is 3. The molecule has 3 amide bonds. The highest BCUT2D eigenvalue weighted by Crippen LogP contribution is 2.28. The van der Waals surface area contributed by atoms with Crippen LogP contribution in [0, 0.1) is 19.8 Å². The molecule has 7 heteroatoms. The molecule has 29 heavy (non-hydrogen) atoms. The van der Waals surface area contributed by atoms with Crippen molar-refractivity contribution in [3.63, 3.8) is 0 Å². The molecule has 1 saturated heterocycles. The van der Waals surface area contributed by atoms with Crippen molar-refractivity contribution < 1.29 is 9.59 Å². The zero-order valence-corrected chi connectivity index (χ0v) is 17.3. The molecule has 0 bridgehead atoms. The lowest BCUT2D eigenvalue weighted by molar-refractivity contribution is -0.125. The van der Waals surface area contributed by atoms with Crippen LogP contribution in [0.3, 0.4) is 0 Å². The number of aryl methyl sites for hydroxylation is 2. The van der Waals surface area contributed by atoms with Gasteiger partial charge in [0, 0.05) is 37.4 Å². The van der Waals surface area contributed by atoms with E-state index in [4.69, 9.17) is 0 Å². The number of pyridine rings is 1. The molecular formula is C22H29N5O2. The largest absolute Gasteiger partial charge is 0.356 e. The third-order valence-electron chi connectivity index (χ3n) is 5.18. The zero-order chi connectivity index (χ0) is 20.8. The quantitative estimate of drug-likeness (QED) is 0.721. The second kappa shape index (κ2) is 9.41. The third kappa shape index (κ3) is 5.25. The van der Waals surface area contributed by atoms with Crippen molar-refractivity contribution in [3.8, 4) is 0 Å². The Labute approximate surface area is 171 Å². The summed E-state index contributed by atoms with van der Waals surface area (Å²) >= 11 is 0. The number of hydrogen-bond donors (Lipinski definition) is 3. The van der Waals surface area contributed by atoms with Crippen LogP contribution in [-0.4, -0.2) is 36.6 Å². The van der Waals surface area contributed by atoms with Gasteiger partial charge in [-0.15, -0.1) is 0 Å². The fourth-order valence-corrected chi connectivity index (χ4v) is 3.65. The van der Waals surface area contributed by atoms with E-state index in [0.717, 1.165) is 48.6 Å². The summed E-state index contributed by atoms with van der Waals surface area (Å²) in [4.78, 5) is 31.2. The van der Waals surface area contributed by atoms with Gasteiger partial charge in [0.1, 0.15) is 0 Å². The normalized spacial score (nSPS) is 14.4. The number of benzene rings is 1. The second-order valence-corrected chi connectivity index (χ2v) is 7.43. The molecule has 0 atom stereocenters. The fraction of sp³-hybridized carbons (Fsp3) is 0.409. The van der Waals surface area contributed by atoms with Crippen LogP contribution in [0.25, 0.3) is 0 Å². The molecule has 0 saturated carbocycles. The number of piperidine rings is 1. The Morgan fingerprint density at radius 2 is 1.83 bits per heavy atom. The van der Waals surface area contributed by atoms with Crippen LogP contribution in [0.15, 0.2) is 36.5 Å². The Bertz CT molecular complexity index is 875. The van der Waals surface area contributed by atoms with Gasteiger partial charge in [0.25, 0.3) is 0 Å². The number of aromatic nitrogens is 1. The van der Waals surface area contributed by atoms with Gasteiger partial charge in [-0.05, 0) is 57.4 Å². The van der Waals surface area contributed by atoms with E-state index in [2.05, 4.69) is 25.8 Å². The summed E-state index contributed by atoms with van der Waals surface area (Å²) in [6.07, 6.45) is 3.27. The minimum atomic E-state index is -0.302. The maximum absolute atomic E-state index is 12.5. The molecule has 2 aromatic rings. The molecule has 0 radical (unpaired) electrons. The molecule has 1 aromatic carbocycles. The van der Waals surface area contributed by atoms with Crippen LogP contribution in [0.2, 0.25) is 0 Å². The van der Waals surface area contributed by atoms with E-state index in [1.807, 2.05) is 45.0 Å². The van der Waals surface area contributed by atoms with E-state index < -0.39 is 0 Å². The number of carbonyl (C=O) groups is 2. The van der Waals surface area contributed by atoms with Gasteiger partial charge in [0.05, 0.1) is 5.69 Å². The second-order valence-electron chi connectivity index (χ2n) is 7.43. The highest BCUT2D eigenvalue weighted by Gasteiger charge is 2.26. The van der Waals surface area contributed by atoms with Gasteiger partial charge >= 0.3 is 6.03 Å². The first-order valence-corrected chi connectivity index (χ1v) is 10.1. The average Bonchev–Trinajstić information content (AvgIpc) is 2.71. The summed E-state index contributed by atoms with van der Waals surface area (Å²) in [6, 6.07) is 9.25. The maximum atomic E-state index is 12.5. The van der Waals surface area contributed by atoms with E-state index in [1.165, 1.54) is 0 Å². The monoisotopic (exact) mass is 395 g/mol. The Balaban J connectivity index is 1.65.